The van der Waals surface area contributed by atoms with Crippen molar-refractivity contribution in [1.82, 2.24) is 9.97 Å². The molecule has 0 aliphatic heterocycles. The summed E-state index contributed by atoms with van der Waals surface area (Å²) in [5.41, 5.74) is 0. The van der Waals surface area contributed by atoms with E-state index in [2.05, 4.69) is 15.3 Å². The molecule has 0 saturated heterocycles. The van der Waals surface area contributed by atoms with Crippen molar-refractivity contribution < 1.29 is 5.11 Å². The second-order valence-electron chi connectivity index (χ2n) is 3.30. The van der Waals surface area contributed by atoms with Crippen LogP contribution in [0.1, 0.15) is 17.3 Å². The molecule has 5 heteroatoms. The first-order valence-electron chi connectivity index (χ1n) is 5.08. The summed E-state index contributed by atoms with van der Waals surface area (Å²) in [5, 5.41) is 14.3. The fourth-order valence-electron chi connectivity index (χ4n) is 1.43. The van der Waals surface area contributed by atoms with E-state index in [9.17, 15) is 0 Å². The highest BCUT2D eigenvalue weighted by Gasteiger charge is 2.12. The van der Waals surface area contributed by atoms with Crippen molar-refractivity contribution in [2.24, 2.45) is 0 Å². The van der Waals surface area contributed by atoms with E-state index in [1.165, 1.54) is 4.88 Å². The predicted octanol–water partition coefficient (Wildman–Crippen LogP) is 2.07. The first-order chi connectivity index (χ1) is 7.90. The minimum atomic E-state index is 0.0763. The number of thiophene rings is 1. The highest BCUT2D eigenvalue weighted by Crippen LogP contribution is 2.24. The van der Waals surface area contributed by atoms with Gasteiger partial charge in [-0.3, -0.25) is 0 Å². The smallest absolute Gasteiger partial charge is 0.223 e. The molecule has 0 radical (unpaired) electrons. The normalized spacial score (nSPS) is 12.3. The SMILES string of the molecule is OCCC(Nc1ncccn1)c1cccs1. The minimum absolute atomic E-state index is 0.0763. The van der Waals surface area contributed by atoms with Gasteiger partial charge in [0.2, 0.25) is 5.95 Å². The van der Waals surface area contributed by atoms with Crippen molar-refractivity contribution in [1.29, 1.82) is 0 Å². The van der Waals surface area contributed by atoms with Gasteiger partial charge in [0.25, 0.3) is 0 Å². The van der Waals surface area contributed by atoms with Crippen LogP contribution in [0.25, 0.3) is 0 Å². The third-order valence-corrected chi connectivity index (χ3v) is 3.16. The maximum atomic E-state index is 9.04. The standard InChI is InChI=1S/C11H13N3OS/c15-7-4-9(10-3-1-8-16-10)14-11-12-5-2-6-13-11/h1-3,5-6,8-9,15H,4,7H2,(H,12,13,14). The van der Waals surface area contributed by atoms with Crippen LogP contribution >= 0.6 is 11.3 Å². The zero-order chi connectivity index (χ0) is 11.2. The van der Waals surface area contributed by atoms with Gasteiger partial charge in [-0.25, -0.2) is 9.97 Å². The summed E-state index contributed by atoms with van der Waals surface area (Å²) in [6, 6.07) is 5.89. The lowest BCUT2D eigenvalue weighted by molar-refractivity contribution is 0.280. The number of aromatic nitrogens is 2. The van der Waals surface area contributed by atoms with Gasteiger partial charge in [-0.15, -0.1) is 11.3 Å². The van der Waals surface area contributed by atoms with Crippen molar-refractivity contribution in [2.75, 3.05) is 11.9 Å². The number of rotatable bonds is 5. The summed E-state index contributed by atoms with van der Waals surface area (Å²) in [5.74, 6) is 0.592. The van der Waals surface area contributed by atoms with Crippen molar-refractivity contribution in [3.8, 4) is 0 Å². The molecule has 2 rings (SSSR count). The molecule has 16 heavy (non-hydrogen) atoms. The van der Waals surface area contributed by atoms with Crippen molar-refractivity contribution in [3.63, 3.8) is 0 Å². The Morgan fingerprint density at radius 3 is 2.75 bits per heavy atom. The Morgan fingerprint density at radius 1 is 1.31 bits per heavy atom. The average molecular weight is 235 g/mol. The third-order valence-electron chi connectivity index (χ3n) is 2.17. The van der Waals surface area contributed by atoms with E-state index in [1.54, 1.807) is 29.8 Å². The zero-order valence-corrected chi connectivity index (χ0v) is 9.52. The molecule has 1 atom stereocenters. The molecule has 84 valence electrons. The molecule has 0 spiro atoms. The first kappa shape index (κ1) is 11.0. The summed E-state index contributed by atoms with van der Waals surface area (Å²) in [6.07, 6.45) is 4.04. The fraction of sp³-hybridized carbons (Fsp3) is 0.273. The fourth-order valence-corrected chi connectivity index (χ4v) is 2.25. The number of anilines is 1. The molecule has 0 amide bonds. The Hall–Kier alpha value is -1.46. The Bertz CT molecular complexity index is 404. The van der Waals surface area contributed by atoms with Crippen LogP contribution in [0.2, 0.25) is 0 Å². The van der Waals surface area contributed by atoms with Crippen molar-refractivity contribution in [3.05, 3.63) is 40.8 Å². The van der Waals surface area contributed by atoms with Crippen molar-refractivity contribution >= 4 is 17.3 Å². The number of nitrogens with one attached hydrogen (secondary N) is 1. The van der Waals surface area contributed by atoms with Gasteiger partial charge in [0.15, 0.2) is 0 Å². The van der Waals surface area contributed by atoms with Gasteiger partial charge in [-0.05, 0) is 23.9 Å². The second kappa shape index (κ2) is 5.58. The van der Waals surface area contributed by atoms with Crippen LogP contribution in [0.15, 0.2) is 36.0 Å². The van der Waals surface area contributed by atoms with Crippen LogP contribution in [-0.2, 0) is 0 Å². The second-order valence-corrected chi connectivity index (χ2v) is 4.28. The van der Waals surface area contributed by atoms with E-state index < -0.39 is 0 Å². The summed E-state index contributed by atoms with van der Waals surface area (Å²) in [7, 11) is 0. The van der Waals surface area contributed by atoms with Gasteiger partial charge in [0.05, 0.1) is 6.04 Å². The lowest BCUT2D eigenvalue weighted by Crippen LogP contribution is -2.12. The quantitative estimate of drug-likeness (QED) is 0.833. The first-order valence-corrected chi connectivity index (χ1v) is 5.96. The number of aliphatic hydroxyl groups is 1. The summed E-state index contributed by atoms with van der Waals surface area (Å²) in [4.78, 5) is 9.40. The van der Waals surface area contributed by atoms with Crippen LogP contribution in [0.4, 0.5) is 5.95 Å². The zero-order valence-electron chi connectivity index (χ0n) is 8.71. The van der Waals surface area contributed by atoms with Gasteiger partial charge in [-0.1, -0.05) is 6.07 Å². The highest BCUT2D eigenvalue weighted by molar-refractivity contribution is 7.10. The number of aliphatic hydroxyl groups excluding tert-OH is 1. The van der Waals surface area contributed by atoms with E-state index in [0.717, 1.165) is 0 Å². The molecule has 0 saturated carbocycles. The lowest BCUT2D eigenvalue weighted by atomic mass is 10.2. The van der Waals surface area contributed by atoms with E-state index in [1.807, 2.05) is 17.5 Å². The van der Waals surface area contributed by atoms with E-state index in [-0.39, 0.29) is 12.6 Å². The lowest BCUT2D eigenvalue weighted by Gasteiger charge is -2.15. The van der Waals surface area contributed by atoms with E-state index >= 15 is 0 Å². The topological polar surface area (TPSA) is 58.0 Å². The molecule has 2 aromatic heterocycles. The molecule has 0 fully saturated rings. The van der Waals surface area contributed by atoms with Crippen LogP contribution in [0, 0.1) is 0 Å². The number of hydrogen-bond acceptors (Lipinski definition) is 5. The molecule has 2 heterocycles. The van der Waals surface area contributed by atoms with Gasteiger partial charge < -0.3 is 10.4 Å². The Balaban J connectivity index is 2.09. The van der Waals surface area contributed by atoms with Crippen LogP contribution in [-0.4, -0.2) is 21.7 Å². The Labute approximate surface area is 98.0 Å². The molecule has 0 bridgehead atoms. The van der Waals surface area contributed by atoms with Crippen LogP contribution in [0.5, 0.6) is 0 Å². The van der Waals surface area contributed by atoms with Crippen LogP contribution in [0.3, 0.4) is 0 Å². The molecule has 2 N–H and O–H groups in total. The average Bonchev–Trinajstić information content (AvgIpc) is 2.83. The molecule has 0 aliphatic rings. The van der Waals surface area contributed by atoms with Gasteiger partial charge in [-0.2, -0.15) is 0 Å². The molecule has 1 unspecified atom stereocenters. The molecular weight excluding hydrogens is 222 g/mol. The Morgan fingerprint density at radius 2 is 2.12 bits per heavy atom. The van der Waals surface area contributed by atoms with Gasteiger partial charge in [0.1, 0.15) is 0 Å². The van der Waals surface area contributed by atoms with Gasteiger partial charge >= 0.3 is 0 Å². The number of hydrogen-bond donors (Lipinski definition) is 2. The van der Waals surface area contributed by atoms with Crippen molar-refractivity contribution in [2.45, 2.75) is 12.5 Å². The monoisotopic (exact) mass is 235 g/mol. The Kier molecular flexibility index (Phi) is 3.85. The van der Waals surface area contributed by atoms with E-state index in [0.29, 0.717) is 12.4 Å². The molecule has 4 nitrogen and oxygen atoms in total. The molecular formula is C11H13N3OS. The molecule has 0 aliphatic carbocycles. The van der Waals surface area contributed by atoms with Crippen LogP contribution < -0.4 is 5.32 Å². The largest absolute Gasteiger partial charge is 0.396 e. The van der Waals surface area contributed by atoms with E-state index in [4.69, 9.17) is 5.11 Å². The highest BCUT2D eigenvalue weighted by atomic mass is 32.1. The maximum absolute atomic E-state index is 9.04. The number of nitrogens with zero attached hydrogens (tertiary/aromatic N) is 2. The summed E-state index contributed by atoms with van der Waals surface area (Å²) in [6.45, 7) is 0.141. The molecule has 0 aromatic carbocycles. The third kappa shape index (κ3) is 2.77. The summed E-state index contributed by atoms with van der Waals surface area (Å²) < 4.78 is 0. The predicted molar refractivity (Wildman–Crippen MR) is 64.4 cm³/mol. The minimum Gasteiger partial charge on any atom is -0.396 e. The maximum Gasteiger partial charge on any atom is 0.223 e. The molecule has 2 aromatic rings. The summed E-state index contributed by atoms with van der Waals surface area (Å²) >= 11 is 1.66. The van der Waals surface area contributed by atoms with Gasteiger partial charge in [0, 0.05) is 23.9 Å².